The monoisotopic (exact) mass is 324 g/mol. The highest BCUT2D eigenvalue weighted by atomic mass is 16.3. The Kier molecular flexibility index (Phi) is 5.36. The number of nitriles is 1. The average Bonchev–Trinajstić information content (AvgIpc) is 3.06. The minimum Gasteiger partial charge on any atom is -0.467 e. The Morgan fingerprint density at radius 2 is 2.04 bits per heavy atom. The minimum absolute atomic E-state index is 0.200. The number of imide groups is 1. The van der Waals surface area contributed by atoms with E-state index < -0.39 is 11.8 Å². The summed E-state index contributed by atoms with van der Waals surface area (Å²) in [5.74, 6) is -0.573. The van der Waals surface area contributed by atoms with Gasteiger partial charge in [0.25, 0.3) is 5.91 Å². The van der Waals surface area contributed by atoms with E-state index >= 15 is 0 Å². The fourth-order valence-electron chi connectivity index (χ4n) is 1.99. The van der Waals surface area contributed by atoms with Crippen molar-refractivity contribution in [3.63, 3.8) is 0 Å². The van der Waals surface area contributed by atoms with Crippen LogP contribution in [0.3, 0.4) is 0 Å². The van der Waals surface area contributed by atoms with Crippen molar-refractivity contribution >= 4 is 23.2 Å². The van der Waals surface area contributed by atoms with E-state index in [1.54, 1.807) is 42.5 Å². The molecule has 1 aromatic carbocycles. The Morgan fingerprint density at radius 3 is 2.58 bits per heavy atom. The van der Waals surface area contributed by atoms with Gasteiger partial charge in [-0.2, -0.15) is 5.26 Å². The van der Waals surface area contributed by atoms with Gasteiger partial charge in [-0.1, -0.05) is 0 Å². The maximum Gasteiger partial charge on any atom is 0.277 e. The summed E-state index contributed by atoms with van der Waals surface area (Å²) in [5, 5.41) is 12.0. The third-order valence-electron chi connectivity index (χ3n) is 3.12. The topological polar surface area (TPSA) is 112 Å². The predicted octanol–water partition coefficient (Wildman–Crippen LogP) is 1.94. The smallest absolute Gasteiger partial charge is 0.277 e. The Balaban J connectivity index is 2.18. The molecule has 1 aromatic heterocycles. The second kappa shape index (κ2) is 7.65. The van der Waals surface area contributed by atoms with E-state index in [2.05, 4.69) is 5.32 Å². The molecule has 0 aliphatic heterocycles. The molecular weight excluding hydrogens is 308 g/mol. The van der Waals surface area contributed by atoms with Gasteiger partial charge < -0.3 is 15.5 Å². The zero-order valence-corrected chi connectivity index (χ0v) is 13.0. The summed E-state index contributed by atoms with van der Waals surface area (Å²) in [4.78, 5) is 25.3. The summed E-state index contributed by atoms with van der Waals surface area (Å²) in [7, 11) is 0. The number of hydrogen-bond donors (Lipinski definition) is 2. The first-order valence-corrected chi connectivity index (χ1v) is 7.09. The molecule has 0 saturated carbocycles. The number of benzene rings is 1. The molecule has 24 heavy (non-hydrogen) atoms. The fourth-order valence-corrected chi connectivity index (χ4v) is 1.99. The van der Waals surface area contributed by atoms with Crippen molar-refractivity contribution in [1.29, 1.82) is 5.26 Å². The van der Waals surface area contributed by atoms with Crippen LogP contribution in [0.2, 0.25) is 0 Å². The lowest BCUT2D eigenvalue weighted by Gasteiger charge is -2.19. The molecule has 0 aliphatic rings. The molecule has 2 rings (SSSR count). The maximum absolute atomic E-state index is 12.5. The molecule has 0 bridgehead atoms. The quantitative estimate of drug-likeness (QED) is 0.494. The fraction of sp³-hybridized carbons (Fsp3) is 0.118. The second-order valence-electron chi connectivity index (χ2n) is 4.88. The zero-order valence-electron chi connectivity index (χ0n) is 13.0. The van der Waals surface area contributed by atoms with Gasteiger partial charge in [0.2, 0.25) is 5.91 Å². The number of carbonyl (C=O) groups excluding carboxylic acids is 2. The third-order valence-corrected chi connectivity index (χ3v) is 3.12. The molecule has 0 unspecified atom stereocenters. The van der Waals surface area contributed by atoms with Crippen LogP contribution in [0.4, 0.5) is 11.4 Å². The van der Waals surface area contributed by atoms with E-state index in [1.165, 1.54) is 19.4 Å². The van der Waals surface area contributed by atoms with Crippen LogP contribution in [0, 0.1) is 11.3 Å². The molecule has 1 heterocycles. The molecule has 0 radical (unpaired) electrons. The van der Waals surface area contributed by atoms with Gasteiger partial charge in [-0.3, -0.25) is 9.59 Å². The van der Waals surface area contributed by atoms with Crippen molar-refractivity contribution in [3.05, 3.63) is 60.2 Å². The van der Waals surface area contributed by atoms with Crippen molar-refractivity contribution in [2.75, 3.05) is 10.6 Å². The van der Waals surface area contributed by atoms with Crippen LogP contribution < -0.4 is 16.0 Å². The largest absolute Gasteiger partial charge is 0.467 e. The van der Waals surface area contributed by atoms with Crippen LogP contribution >= 0.6 is 0 Å². The van der Waals surface area contributed by atoms with Crippen molar-refractivity contribution in [2.24, 2.45) is 0 Å². The summed E-state index contributed by atoms with van der Waals surface area (Å²) in [6.45, 7) is 1.56. The molecule has 7 nitrogen and oxygen atoms in total. The van der Waals surface area contributed by atoms with Crippen molar-refractivity contribution in [1.82, 2.24) is 5.32 Å². The van der Waals surface area contributed by atoms with Crippen LogP contribution in [0.25, 0.3) is 0 Å². The molecule has 122 valence electrons. The first kappa shape index (κ1) is 16.8. The lowest BCUT2D eigenvalue weighted by atomic mass is 10.2. The highest BCUT2D eigenvalue weighted by Gasteiger charge is 2.23. The van der Waals surface area contributed by atoms with E-state index in [0.29, 0.717) is 23.7 Å². The second-order valence-corrected chi connectivity index (χ2v) is 4.88. The third kappa shape index (κ3) is 4.01. The number of rotatable bonds is 5. The lowest BCUT2D eigenvalue weighted by Crippen LogP contribution is -2.36. The van der Waals surface area contributed by atoms with E-state index in [0.717, 1.165) is 4.90 Å². The Morgan fingerprint density at radius 1 is 1.33 bits per heavy atom. The number of amides is 2. The summed E-state index contributed by atoms with van der Waals surface area (Å²) < 4.78 is 5.14. The molecule has 3 N–H and O–H groups in total. The van der Waals surface area contributed by atoms with Crippen LogP contribution in [-0.2, 0) is 16.1 Å². The number of nitrogens with two attached hydrogens (primary N) is 1. The number of carbonyl (C=O) groups is 2. The lowest BCUT2D eigenvalue weighted by molar-refractivity contribution is -0.123. The number of hydrogen-bond acceptors (Lipinski definition) is 6. The number of nitrogens with one attached hydrogen (secondary N) is 1. The van der Waals surface area contributed by atoms with Gasteiger partial charge in [0, 0.05) is 18.8 Å². The van der Waals surface area contributed by atoms with Gasteiger partial charge in [-0.25, -0.2) is 4.90 Å². The number of furan rings is 1. The molecule has 0 spiro atoms. The molecule has 2 aromatic rings. The van der Waals surface area contributed by atoms with Gasteiger partial charge in [0.1, 0.15) is 17.4 Å². The summed E-state index contributed by atoms with van der Waals surface area (Å²) >= 11 is 0. The van der Waals surface area contributed by atoms with Gasteiger partial charge in [-0.05, 0) is 36.4 Å². The molecule has 0 atom stereocenters. The average molecular weight is 324 g/mol. The molecule has 0 fully saturated rings. The molecule has 0 aliphatic carbocycles. The van der Waals surface area contributed by atoms with E-state index in [-0.39, 0.29) is 5.57 Å². The van der Waals surface area contributed by atoms with Crippen molar-refractivity contribution < 1.29 is 14.0 Å². The number of nitrogen functional groups attached to an aromatic ring is 1. The first-order chi connectivity index (χ1) is 11.5. The molecule has 2 amide bonds. The zero-order chi connectivity index (χ0) is 17.5. The SMILES string of the molecule is CC(=O)N(C(=O)/C(C#N)=C\NCc1ccco1)c1ccc(N)cc1. The van der Waals surface area contributed by atoms with Crippen LogP contribution in [-0.4, -0.2) is 11.8 Å². The Labute approximate surface area is 139 Å². The van der Waals surface area contributed by atoms with Gasteiger partial charge in [0.05, 0.1) is 18.5 Å². The Bertz CT molecular complexity index is 786. The standard InChI is InChI=1S/C17H16N4O3/c1-12(22)21(15-6-4-14(19)5-7-15)17(23)13(9-18)10-20-11-16-3-2-8-24-16/h2-8,10,20H,11,19H2,1H3/b13-10-. The summed E-state index contributed by atoms with van der Waals surface area (Å²) in [6.07, 6.45) is 2.79. The summed E-state index contributed by atoms with van der Waals surface area (Å²) in [6, 6.07) is 11.5. The van der Waals surface area contributed by atoms with Gasteiger partial charge in [-0.15, -0.1) is 0 Å². The maximum atomic E-state index is 12.5. The van der Waals surface area contributed by atoms with Crippen molar-refractivity contribution in [3.8, 4) is 6.07 Å². The van der Waals surface area contributed by atoms with Gasteiger partial charge >= 0.3 is 0 Å². The number of nitrogens with zero attached hydrogens (tertiary/aromatic N) is 2. The minimum atomic E-state index is -0.721. The van der Waals surface area contributed by atoms with Crippen LogP contribution in [0.5, 0.6) is 0 Å². The molecular formula is C17H16N4O3. The van der Waals surface area contributed by atoms with Crippen LogP contribution in [0.1, 0.15) is 12.7 Å². The Hall–Kier alpha value is -3.53. The highest BCUT2D eigenvalue weighted by molar-refractivity contribution is 6.21. The van der Waals surface area contributed by atoms with E-state index in [4.69, 9.17) is 10.2 Å². The van der Waals surface area contributed by atoms with Crippen LogP contribution in [0.15, 0.2) is 58.9 Å². The first-order valence-electron chi connectivity index (χ1n) is 7.09. The number of anilines is 2. The normalized spacial score (nSPS) is 10.8. The predicted molar refractivity (Wildman–Crippen MR) is 88.3 cm³/mol. The van der Waals surface area contributed by atoms with Gasteiger partial charge in [0.15, 0.2) is 0 Å². The van der Waals surface area contributed by atoms with E-state index in [1.807, 2.05) is 0 Å². The van der Waals surface area contributed by atoms with E-state index in [9.17, 15) is 14.9 Å². The molecule has 7 heteroatoms. The molecule has 0 saturated heterocycles. The highest BCUT2D eigenvalue weighted by Crippen LogP contribution is 2.18. The summed E-state index contributed by atoms with van der Waals surface area (Å²) in [5.41, 5.74) is 6.25. The van der Waals surface area contributed by atoms with Crippen molar-refractivity contribution in [2.45, 2.75) is 13.5 Å².